The second-order valence-corrected chi connectivity index (χ2v) is 7.72. The van der Waals surface area contributed by atoms with Crippen molar-refractivity contribution >= 4 is 22.9 Å². The van der Waals surface area contributed by atoms with E-state index in [0.717, 1.165) is 17.2 Å². The lowest BCUT2D eigenvalue weighted by molar-refractivity contribution is -0.385. The van der Waals surface area contributed by atoms with E-state index in [1.807, 2.05) is 41.8 Å². The summed E-state index contributed by atoms with van der Waals surface area (Å²) >= 11 is 1.66. The standard InChI is InChI=1S/C21H17FN2O3S/c1-13-17(22)11-15(12-18(13)24(26)27)21(25)23-9-7-19-16(8-10-28-19)20(23)14-5-3-2-4-6-14/h2-6,8,10-12,20H,7,9H2,1H3. The Hall–Kier alpha value is -3.06. The molecule has 28 heavy (non-hydrogen) atoms. The highest BCUT2D eigenvalue weighted by molar-refractivity contribution is 7.10. The van der Waals surface area contributed by atoms with Crippen LogP contribution in [0, 0.1) is 22.9 Å². The van der Waals surface area contributed by atoms with Crippen LogP contribution in [0.5, 0.6) is 0 Å². The molecule has 2 heterocycles. The van der Waals surface area contributed by atoms with Gasteiger partial charge >= 0.3 is 0 Å². The van der Waals surface area contributed by atoms with Crippen LogP contribution in [0.4, 0.5) is 10.1 Å². The molecule has 0 N–H and O–H groups in total. The smallest absolute Gasteiger partial charge is 0.276 e. The van der Waals surface area contributed by atoms with E-state index in [0.29, 0.717) is 13.0 Å². The van der Waals surface area contributed by atoms with Crippen molar-refractivity contribution in [1.82, 2.24) is 4.90 Å². The number of thiophene rings is 1. The minimum atomic E-state index is -0.748. The van der Waals surface area contributed by atoms with Crippen LogP contribution in [0.2, 0.25) is 0 Å². The zero-order valence-corrected chi connectivity index (χ0v) is 15.9. The Bertz CT molecular complexity index is 1060. The summed E-state index contributed by atoms with van der Waals surface area (Å²) < 4.78 is 14.3. The molecule has 0 aliphatic carbocycles. The van der Waals surface area contributed by atoms with E-state index in [1.165, 1.54) is 17.9 Å². The predicted octanol–water partition coefficient (Wildman–Crippen LogP) is 4.89. The third-order valence-corrected chi connectivity index (χ3v) is 6.10. The molecule has 142 valence electrons. The lowest BCUT2D eigenvalue weighted by Crippen LogP contribution is -2.40. The average molecular weight is 396 g/mol. The molecule has 7 heteroatoms. The van der Waals surface area contributed by atoms with Crippen molar-refractivity contribution in [3.63, 3.8) is 0 Å². The minimum Gasteiger partial charge on any atom is -0.327 e. The predicted molar refractivity (Wildman–Crippen MR) is 105 cm³/mol. The van der Waals surface area contributed by atoms with Gasteiger partial charge in [0.25, 0.3) is 11.6 Å². The molecule has 0 radical (unpaired) electrons. The molecular formula is C21H17FN2O3S. The highest BCUT2D eigenvalue weighted by Gasteiger charge is 2.34. The quantitative estimate of drug-likeness (QED) is 0.468. The van der Waals surface area contributed by atoms with E-state index in [9.17, 15) is 19.3 Å². The third-order valence-electron chi connectivity index (χ3n) is 5.10. The molecule has 1 aliphatic rings. The Morgan fingerprint density at radius 2 is 2.00 bits per heavy atom. The Kier molecular flexibility index (Phi) is 4.68. The van der Waals surface area contributed by atoms with Crippen molar-refractivity contribution in [3.05, 3.63) is 97.0 Å². The van der Waals surface area contributed by atoms with E-state index >= 15 is 0 Å². The van der Waals surface area contributed by atoms with E-state index < -0.39 is 16.6 Å². The van der Waals surface area contributed by atoms with Gasteiger partial charge in [-0.1, -0.05) is 30.3 Å². The van der Waals surface area contributed by atoms with E-state index in [1.54, 1.807) is 16.2 Å². The largest absolute Gasteiger partial charge is 0.327 e. The molecule has 1 aliphatic heterocycles. The number of amides is 1. The lowest BCUT2D eigenvalue weighted by Gasteiger charge is -2.36. The molecule has 3 aromatic rings. The van der Waals surface area contributed by atoms with Gasteiger partial charge in [-0.3, -0.25) is 14.9 Å². The van der Waals surface area contributed by atoms with Crippen LogP contribution in [-0.4, -0.2) is 22.3 Å². The number of hydrogen-bond acceptors (Lipinski definition) is 4. The maximum atomic E-state index is 14.3. The molecule has 0 saturated heterocycles. The molecular weight excluding hydrogens is 379 g/mol. The maximum Gasteiger partial charge on any atom is 0.276 e. The molecule has 0 spiro atoms. The molecule has 4 rings (SSSR count). The van der Waals surface area contributed by atoms with Gasteiger partial charge in [-0.2, -0.15) is 0 Å². The van der Waals surface area contributed by atoms with Crippen molar-refractivity contribution in [3.8, 4) is 0 Å². The Labute approximate surface area is 165 Å². The monoisotopic (exact) mass is 396 g/mol. The second kappa shape index (κ2) is 7.16. The number of hydrogen-bond donors (Lipinski definition) is 0. The fourth-order valence-electron chi connectivity index (χ4n) is 3.67. The molecule has 1 amide bonds. The van der Waals surface area contributed by atoms with Gasteiger partial charge in [0.15, 0.2) is 0 Å². The van der Waals surface area contributed by atoms with Gasteiger partial charge in [-0.05, 0) is 42.0 Å². The van der Waals surface area contributed by atoms with Crippen molar-refractivity contribution in [1.29, 1.82) is 0 Å². The summed E-state index contributed by atoms with van der Waals surface area (Å²) in [7, 11) is 0. The molecule has 0 bridgehead atoms. The summed E-state index contributed by atoms with van der Waals surface area (Å²) in [5.74, 6) is -1.16. The zero-order chi connectivity index (χ0) is 19.8. The normalized spacial score (nSPS) is 15.9. The third kappa shape index (κ3) is 3.07. The number of carbonyl (C=O) groups is 1. The summed E-state index contributed by atoms with van der Waals surface area (Å²) in [6.45, 7) is 1.81. The van der Waals surface area contributed by atoms with Crippen molar-refractivity contribution < 1.29 is 14.1 Å². The average Bonchev–Trinajstić information content (AvgIpc) is 3.17. The summed E-state index contributed by atoms with van der Waals surface area (Å²) in [5.41, 5.74) is 1.55. The zero-order valence-electron chi connectivity index (χ0n) is 15.1. The lowest BCUT2D eigenvalue weighted by atomic mass is 9.92. The first-order valence-electron chi connectivity index (χ1n) is 8.84. The van der Waals surface area contributed by atoms with E-state index in [2.05, 4.69) is 0 Å². The van der Waals surface area contributed by atoms with Crippen LogP contribution in [0.3, 0.4) is 0 Å². The number of nitro benzene ring substituents is 1. The van der Waals surface area contributed by atoms with Gasteiger partial charge in [0.1, 0.15) is 5.82 Å². The second-order valence-electron chi connectivity index (χ2n) is 6.72. The molecule has 0 saturated carbocycles. The molecule has 1 unspecified atom stereocenters. The molecule has 2 aromatic carbocycles. The highest BCUT2D eigenvalue weighted by atomic mass is 32.1. The fourth-order valence-corrected chi connectivity index (χ4v) is 4.58. The maximum absolute atomic E-state index is 14.3. The molecule has 1 aromatic heterocycles. The topological polar surface area (TPSA) is 63.5 Å². The van der Waals surface area contributed by atoms with E-state index in [-0.39, 0.29) is 22.9 Å². The van der Waals surface area contributed by atoms with Crippen LogP contribution in [0.25, 0.3) is 0 Å². The van der Waals surface area contributed by atoms with Crippen LogP contribution >= 0.6 is 11.3 Å². The van der Waals surface area contributed by atoms with E-state index in [4.69, 9.17) is 0 Å². The number of rotatable bonds is 3. The van der Waals surface area contributed by atoms with Gasteiger partial charge in [0.05, 0.1) is 16.5 Å². The molecule has 5 nitrogen and oxygen atoms in total. The SMILES string of the molecule is Cc1c(F)cc(C(=O)N2CCc3sccc3C2c2ccccc2)cc1[N+](=O)[O-]. The number of nitro groups is 1. The van der Waals surface area contributed by atoms with Crippen molar-refractivity contribution in [2.75, 3.05) is 6.54 Å². The van der Waals surface area contributed by atoms with Crippen LogP contribution < -0.4 is 0 Å². The van der Waals surface area contributed by atoms with Crippen molar-refractivity contribution in [2.45, 2.75) is 19.4 Å². The first kappa shape index (κ1) is 18.3. The van der Waals surface area contributed by atoms with Gasteiger partial charge in [-0.25, -0.2) is 4.39 Å². The van der Waals surface area contributed by atoms with Gasteiger partial charge in [-0.15, -0.1) is 11.3 Å². The molecule has 0 fully saturated rings. The van der Waals surface area contributed by atoms with Gasteiger partial charge in [0, 0.05) is 23.1 Å². The van der Waals surface area contributed by atoms with Gasteiger partial charge < -0.3 is 4.90 Å². The number of benzene rings is 2. The van der Waals surface area contributed by atoms with Crippen LogP contribution in [-0.2, 0) is 6.42 Å². The number of fused-ring (bicyclic) bond motifs is 1. The number of carbonyl (C=O) groups excluding carboxylic acids is 1. The fraction of sp³-hybridized carbons (Fsp3) is 0.190. The number of halogens is 1. The Morgan fingerprint density at radius 1 is 1.25 bits per heavy atom. The Morgan fingerprint density at radius 3 is 2.71 bits per heavy atom. The first-order valence-corrected chi connectivity index (χ1v) is 9.72. The highest BCUT2D eigenvalue weighted by Crippen LogP contribution is 2.38. The summed E-state index contributed by atoms with van der Waals surface area (Å²) in [6.07, 6.45) is 0.707. The summed E-state index contributed by atoms with van der Waals surface area (Å²) in [4.78, 5) is 26.8. The van der Waals surface area contributed by atoms with Gasteiger partial charge in [0.2, 0.25) is 0 Å². The first-order chi connectivity index (χ1) is 13.5. The van der Waals surface area contributed by atoms with Crippen LogP contribution in [0.1, 0.15) is 38.0 Å². The Balaban J connectivity index is 1.80. The summed E-state index contributed by atoms with van der Waals surface area (Å²) in [5, 5.41) is 13.3. The molecule has 1 atom stereocenters. The summed E-state index contributed by atoms with van der Waals surface area (Å²) in [6, 6.07) is 13.6. The minimum absolute atomic E-state index is 0.00518. The van der Waals surface area contributed by atoms with Crippen LogP contribution in [0.15, 0.2) is 53.9 Å². The number of nitrogens with zero attached hydrogens (tertiary/aromatic N) is 2. The van der Waals surface area contributed by atoms with Crippen molar-refractivity contribution in [2.24, 2.45) is 0 Å².